The predicted octanol–water partition coefficient (Wildman–Crippen LogP) is 1.88. The first kappa shape index (κ1) is 19.8. The van der Waals surface area contributed by atoms with Gasteiger partial charge in [0.2, 0.25) is 0 Å². The lowest BCUT2D eigenvalue weighted by atomic mass is 10.1. The Hall–Kier alpha value is -2.94. The number of fused-ring (bicyclic) bond motifs is 1. The Morgan fingerprint density at radius 1 is 1.32 bits per heavy atom. The Balaban J connectivity index is 1.58. The molecule has 1 aliphatic rings. The number of nitrogens with two attached hydrogens (primary N) is 1. The summed E-state index contributed by atoms with van der Waals surface area (Å²) in [6.07, 6.45) is 5.53. The van der Waals surface area contributed by atoms with Crippen molar-refractivity contribution in [2.45, 2.75) is 33.1 Å². The Morgan fingerprint density at radius 3 is 2.71 bits per heavy atom. The van der Waals surface area contributed by atoms with Crippen molar-refractivity contribution in [1.29, 1.82) is 0 Å². The number of hydrogen-bond donors (Lipinski definition) is 2. The molecule has 0 saturated heterocycles. The van der Waals surface area contributed by atoms with Crippen molar-refractivity contribution in [3.05, 3.63) is 39.0 Å². The van der Waals surface area contributed by atoms with Crippen LogP contribution in [0.4, 0.5) is 5.00 Å². The fraction of sp³-hybridized carbons (Fsp3) is 0.368. The van der Waals surface area contributed by atoms with E-state index in [1.165, 1.54) is 17.4 Å². The van der Waals surface area contributed by atoms with Crippen LogP contribution in [0.3, 0.4) is 0 Å². The fourth-order valence-corrected chi connectivity index (χ4v) is 4.59. The van der Waals surface area contributed by atoms with E-state index in [0.717, 1.165) is 46.7 Å². The van der Waals surface area contributed by atoms with E-state index in [2.05, 4.69) is 10.4 Å². The summed E-state index contributed by atoms with van der Waals surface area (Å²) in [4.78, 5) is 36.9. The number of nitrogens with one attached hydrogen (secondary N) is 1. The zero-order valence-electron chi connectivity index (χ0n) is 16.0. The summed E-state index contributed by atoms with van der Waals surface area (Å²) in [6.45, 7) is 3.29. The van der Waals surface area contributed by atoms with Crippen LogP contribution < -0.4 is 11.1 Å². The lowest BCUT2D eigenvalue weighted by Gasteiger charge is -2.06. The molecule has 3 N–H and O–H groups in total. The number of aryl methyl sites for hydroxylation is 3. The number of carbonyl (C=O) groups excluding carboxylic acids is 3. The highest BCUT2D eigenvalue weighted by Gasteiger charge is 2.26. The lowest BCUT2D eigenvalue weighted by molar-refractivity contribution is -0.142. The van der Waals surface area contributed by atoms with E-state index in [4.69, 9.17) is 10.5 Å². The van der Waals surface area contributed by atoms with Gasteiger partial charge in [-0.15, -0.1) is 11.3 Å². The molecular weight excluding hydrogens is 380 g/mol. The molecule has 148 valence electrons. The number of nitrogens with zero attached hydrogens (tertiary/aromatic N) is 2. The molecule has 9 heteroatoms. The molecule has 0 unspecified atom stereocenters. The van der Waals surface area contributed by atoms with Crippen molar-refractivity contribution >= 4 is 40.2 Å². The normalized spacial score (nSPS) is 13.0. The molecule has 2 heterocycles. The molecule has 1 aliphatic carbocycles. The first-order valence-electron chi connectivity index (χ1n) is 8.87. The van der Waals surface area contributed by atoms with Crippen LogP contribution in [0.2, 0.25) is 0 Å². The lowest BCUT2D eigenvalue weighted by Crippen LogP contribution is -2.22. The SMILES string of the molecule is Cc1nn(C)c(C)c1/C=C/C(=O)OCC(=O)Nc1sc2c(c1C(N)=O)CCC2. The van der Waals surface area contributed by atoms with E-state index >= 15 is 0 Å². The van der Waals surface area contributed by atoms with E-state index < -0.39 is 24.4 Å². The number of carbonyl (C=O) groups is 3. The van der Waals surface area contributed by atoms with Gasteiger partial charge in [-0.2, -0.15) is 5.10 Å². The summed E-state index contributed by atoms with van der Waals surface area (Å²) in [5.74, 6) is -1.71. The molecule has 0 saturated carbocycles. The van der Waals surface area contributed by atoms with Crippen molar-refractivity contribution in [2.24, 2.45) is 12.8 Å². The summed E-state index contributed by atoms with van der Waals surface area (Å²) >= 11 is 1.36. The maximum absolute atomic E-state index is 12.1. The molecule has 0 fully saturated rings. The Kier molecular flexibility index (Phi) is 5.64. The average Bonchev–Trinajstić information content (AvgIpc) is 3.25. The van der Waals surface area contributed by atoms with Gasteiger partial charge in [0.15, 0.2) is 6.61 Å². The quantitative estimate of drug-likeness (QED) is 0.565. The largest absolute Gasteiger partial charge is 0.452 e. The Bertz CT molecular complexity index is 987. The molecule has 28 heavy (non-hydrogen) atoms. The minimum atomic E-state index is -0.637. The number of primary amides is 1. The van der Waals surface area contributed by atoms with Gasteiger partial charge < -0.3 is 15.8 Å². The van der Waals surface area contributed by atoms with Gasteiger partial charge in [0.25, 0.3) is 11.8 Å². The van der Waals surface area contributed by atoms with E-state index in [1.807, 2.05) is 20.9 Å². The second-order valence-corrected chi connectivity index (χ2v) is 7.73. The van der Waals surface area contributed by atoms with Crippen molar-refractivity contribution in [3.63, 3.8) is 0 Å². The standard InChI is InChI=1S/C19H22N4O4S/c1-10-12(11(2)23(3)22-10)7-8-16(25)27-9-15(24)21-19-17(18(20)26)13-5-4-6-14(13)28-19/h7-8H,4-6,9H2,1-3H3,(H2,20,26)(H,21,24)/b8-7+. The number of anilines is 1. The minimum Gasteiger partial charge on any atom is -0.452 e. The van der Waals surface area contributed by atoms with Gasteiger partial charge in [-0.1, -0.05) is 0 Å². The molecule has 0 atom stereocenters. The van der Waals surface area contributed by atoms with Crippen molar-refractivity contribution < 1.29 is 19.1 Å². The third kappa shape index (κ3) is 3.99. The fourth-order valence-electron chi connectivity index (χ4n) is 3.28. The molecule has 3 rings (SSSR count). The van der Waals surface area contributed by atoms with E-state index in [1.54, 1.807) is 10.8 Å². The zero-order chi connectivity index (χ0) is 20.4. The zero-order valence-corrected chi connectivity index (χ0v) is 16.8. The summed E-state index contributed by atoms with van der Waals surface area (Å²) in [7, 11) is 1.82. The highest BCUT2D eigenvalue weighted by molar-refractivity contribution is 7.17. The van der Waals surface area contributed by atoms with Gasteiger partial charge in [0, 0.05) is 29.3 Å². The molecule has 2 aromatic heterocycles. The van der Waals surface area contributed by atoms with Gasteiger partial charge in [0.05, 0.1) is 11.3 Å². The highest BCUT2D eigenvalue weighted by Crippen LogP contribution is 2.38. The number of thiophene rings is 1. The molecule has 0 aliphatic heterocycles. The van der Waals surface area contributed by atoms with Crippen molar-refractivity contribution in [3.8, 4) is 0 Å². The maximum Gasteiger partial charge on any atom is 0.331 e. The first-order valence-corrected chi connectivity index (χ1v) is 9.68. The summed E-state index contributed by atoms with van der Waals surface area (Å²) in [5, 5.41) is 7.33. The Labute approximate surface area is 166 Å². The molecule has 0 radical (unpaired) electrons. The number of esters is 1. The smallest absolute Gasteiger partial charge is 0.331 e. The van der Waals surface area contributed by atoms with E-state index in [-0.39, 0.29) is 0 Å². The Morgan fingerprint density at radius 2 is 2.07 bits per heavy atom. The maximum atomic E-state index is 12.1. The van der Waals surface area contributed by atoms with Crippen LogP contribution >= 0.6 is 11.3 Å². The van der Waals surface area contributed by atoms with Crippen molar-refractivity contribution in [2.75, 3.05) is 11.9 Å². The minimum absolute atomic E-state index is 0.375. The molecule has 2 amide bonds. The number of rotatable bonds is 6. The summed E-state index contributed by atoms with van der Waals surface area (Å²) < 4.78 is 6.71. The van der Waals surface area contributed by atoms with Crippen LogP contribution in [0.15, 0.2) is 6.08 Å². The average molecular weight is 402 g/mol. The third-order valence-electron chi connectivity index (χ3n) is 4.72. The first-order chi connectivity index (χ1) is 13.3. The number of aromatic nitrogens is 2. The van der Waals surface area contributed by atoms with Gasteiger partial charge in [-0.25, -0.2) is 4.79 Å². The van der Waals surface area contributed by atoms with Gasteiger partial charge in [-0.3, -0.25) is 14.3 Å². The van der Waals surface area contributed by atoms with Gasteiger partial charge in [0.1, 0.15) is 5.00 Å². The predicted molar refractivity (Wildman–Crippen MR) is 106 cm³/mol. The molecule has 0 aromatic carbocycles. The number of ether oxygens (including phenoxy) is 1. The second-order valence-electron chi connectivity index (χ2n) is 6.62. The number of amides is 2. The van der Waals surface area contributed by atoms with Gasteiger partial charge >= 0.3 is 5.97 Å². The molecule has 0 spiro atoms. The van der Waals surface area contributed by atoms with E-state index in [0.29, 0.717) is 10.6 Å². The molecule has 8 nitrogen and oxygen atoms in total. The van der Waals surface area contributed by atoms with Crippen LogP contribution in [-0.2, 0) is 34.2 Å². The molecule has 0 bridgehead atoms. The highest BCUT2D eigenvalue weighted by atomic mass is 32.1. The van der Waals surface area contributed by atoms with Crippen LogP contribution in [-0.4, -0.2) is 34.2 Å². The topological polar surface area (TPSA) is 116 Å². The van der Waals surface area contributed by atoms with Crippen LogP contribution in [0.25, 0.3) is 6.08 Å². The summed E-state index contributed by atoms with van der Waals surface area (Å²) in [5.41, 5.74) is 9.32. The van der Waals surface area contributed by atoms with Crippen LogP contribution in [0.5, 0.6) is 0 Å². The summed E-state index contributed by atoms with van der Waals surface area (Å²) in [6, 6.07) is 0. The van der Waals surface area contributed by atoms with Crippen molar-refractivity contribution in [1.82, 2.24) is 9.78 Å². The van der Waals surface area contributed by atoms with Gasteiger partial charge in [-0.05, 0) is 44.7 Å². The van der Waals surface area contributed by atoms with E-state index in [9.17, 15) is 14.4 Å². The monoisotopic (exact) mass is 402 g/mol. The van der Waals surface area contributed by atoms with Crippen LogP contribution in [0, 0.1) is 13.8 Å². The molecule has 2 aromatic rings. The number of hydrogen-bond acceptors (Lipinski definition) is 6. The molecular formula is C19H22N4O4S. The third-order valence-corrected chi connectivity index (χ3v) is 5.92. The second kappa shape index (κ2) is 7.97. The van der Waals surface area contributed by atoms with Crippen LogP contribution in [0.1, 0.15) is 44.2 Å².